The van der Waals surface area contributed by atoms with Crippen LogP contribution in [0.4, 0.5) is 0 Å². The smallest absolute Gasteiger partial charge is 0.254 e. The number of hydrogen-bond acceptors (Lipinski definition) is 6. The summed E-state index contributed by atoms with van der Waals surface area (Å²) in [6.07, 6.45) is 2.40. The van der Waals surface area contributed by atoms with Gasteiger partial charge < -0.3 is 23.7 Å². The third-order valence-corrected chi connectivity index (χ3v) is 6.64. The number of carbonyl (C=O) groups is 2. The summed E-state index contributed by atoms with van der Waals surface area (Å²) in [5.41, 5.74) is 3.56. The summed E-state index contributed by atoms with van der Waals surface area (Å²) in [5, 5.41) is 0. The summed E-state index contributed by atoms with van der Waals surface area (Å²) in [7, 11) is 4.60. The largest absolute Gasteiger partial charge is 0.493 e. The van der Waals surface area contributed by atoms with Crippen molar-refractivity contribution in [1.82, 2.24) is 14.4 Å². The van der Waals surface area contributed by atoms with Gasteiger partial charge in [-0.2, -0.15) is 0 Å². The summed E-state index contributed by atoms with van der Waals surface area (Å²) in [6, 6.07) is 5.95. The van der Waals surface area contributed by atoms with Crippen molar-refractivity contribution in [3.05, 3.63) is 40.7 Å². The van der Waals surface area contributed by atoms with Crippen LogP contribution in [0.5, 0.6) is 17.2 Å². The Labute approximate surface area is 195 Å². The molecule has 0 N–H and O–H groups in total. The van der Waals surface area contributed by atoms with Gasteiger partial charge in [-0.15, -0.1) is 0 Å². The maximum absolute atomic E-state index is 13.1. The highest BCUT2D eigenvalue weighted by atomic mass is 16.5. The first-order chi connectivity index (χ1) is 15.9. The molecule has 8 nitrogen and oxygen atoms in total. The molecule has 0 atom stereocenters. The molecule has 2 aliphatic rings. The van der Waals surface area contributed by atoms with Crippen LogP contribution in [0.25, 0.3) is 0 Å². The SMILES string of the molecule is COc1cc(C(=O)N2CCN(CC(=O)c3cc(C)n(C4CC4)c3C)CC2)cc(OC)c1OC. The van der Waals surface area contributed by atoms with Crippen LogP contribution in [0.1, 0.15) is 51.0 Å². The standard InChI is InChI=1S/C25H33N3O5/c1-16-12-20(17(2)28(16)19-6-7-19)21(29)15-26-8-10-27(11-9-26)25(30)18-13-22(31-3)24(33-5)23(14-18)32-4/h12-14,19H,6-11,15H2,1-5H3. The molecule has 33 heavy (non-hydrogen) atoms. The highest BCUT2D eigenvalue weighted by Crippen LogP contribution is 2.39. The molecule has 0 unspecified atom stereocenters. The Morgan fingerprint density at radius 2 is 1.52 bits per heavy atom. The van der Waals surface area contributed by atoms with Gasteiger partial charge in [-0.05, 0) is 44.9 Å². The lowest BCUT2D eigenvalue weighted by Gasteiger charge is -2.34. The van der Waals surface area contributed by atoms with E-state index in [0.29, 0.717) is 61.6 Å². The zero-order valence-electron chi connectivity index (χ0n) is 20.1. The summed E-state index contributed by atoms with van der Waals surface area (Å²) in [5.74, 6) is 1.43. The predicted octanol–water partition coefficient (Wildman–Crippen LogP) is 3.11. The van der Waals surface area contributed by atoms with Gasteiger partial charge in [-0.3, -0.25) is 14.5 Å². The molecule has 0 spiro atoms. The van der Waals surface area contributed by atoms with Crippen molar-refractivity contribution >= 4 is 11.7 Å². The van der Waals surface area contributed by atoms with E-state index in [1.165, 1.54) is 39.9 Å². The van der Waals surface area contributed by atoms with Crippen LogP contribution in [0.15, 0.2) is 18.2 Å². The fourth-order valence-corrected chi connectivity index (χ4v) is 4.74. The van der Waals surface area contributed by atoms with E-state index in [2.05, 4.69) is 16.4 Å². The van der Waals surface area contributed by atoms with Crippen LogP contribution in [0, 0.1) is 13.8 Å². The molecule has 1 saturated heterocycles. The number of nitrogens with zero attached hydrogens (tertiary/aromatic N) is 3. The molecule has 0 bridgehead atoms. The highest BCUT2D eigenvalue weighted by Gasteiger charge is 2.30. The number of carbonyl (C=O) groups excluding carboxylic acids is 2. The van der Waals surface area contributed by atoms with Crippen LogP contribution in [-0.2, 0) is 0 Å². The molecule has 1 aliphatic carbocycles. The molecule has 4 rings (SSSR count). The molecule has 2 fully saturated rings. The second-order valence-corrected chi connectivity index (χ2v) is 8.79. The zero-order valence-corrected chi connectivity index (χ0v) is 20.1. The molecule has 2 aromatic rings. The number of piperazine rings is 1. The minimum atomic E-state index is -0.0896. The topological polar surface area (TPSA) is 73.2 Å². The summed E-state index contributed by atoms with van der Waals surface area (Å²) in [4.78, 5) is 30.1. The van der Waals surface area contributed by atoms with Gasteiger partial charge in [0, 0.05) is 54.7 Å². The number of amides is 1. The molecule has 8 heteroatoms. The normalized spacial score (nSPS) is 16.6. The van der Waals surface area contributed by atoms with Gasteiger partial charge in [0.15, 0.2) is 17.3 Å². The van der Waals surface area contributed by atoms with Crippen molar-refractivity contribution in [2.75, 3.05) is 54.1 Å². The predicted molar refractivity (Wildman–Crippen MR) is 125 cm³/mol. The fourth-order valence-electron chi connectivity index (χ4n) is 4.74. The lowest BCUT2D eigenvalue weighted by Crippen LogP contribution is -2.49. The first-order valence-electron chi connectivity index (χ1n) is 11.4. The van der Waals surface area contributed by atoms with Crippen LogP contribution in [0.3, 0.4) is 0 Å². The van der Waals surface area contributed by atoms with Gasteiger partial charge >= 0.3 is 0 Å². The van der Waals surface area contributed by atoms with E-state index in [-0.39, 0.29) is 11.7 Å². The number of aromatic nitrogens is 1. The van der Waals surface area contributed by atoms with E-state index >= 15 is 0 Å². The van der Waals surface area contributed by atoms with Crippen LogP contribution >= 0.6 is 0 Å². The Morgan fingerprint density at radius 3 is 2.03 bits per heavy atom. The Balaban J connectivity index is 1.38. The van der Waals surface area contributed by atoms with Crippen molar-refractivity contribution in [2.24, 2.45) is 0 Å². The number of hydrogen-bond donors (Lipinski definition) is 0. The second-order valence-electron chi connectivity index (χ2n) is 8.79. The Kier molecular flexibility index (Phi) is 6.65. The van der Waals surface area contributed by atoms with Gasteiger partial charge in [0.2, 0.25) is 5.75 Å². The van der Waals surface area contributed by atoms with Gasteiger partial charge in [0.25, 0.3) is 5.91 Å². The number of ether oxygens (including phenoxy) is 3. The number of rotatable bonds is 8. The van der Waals surface area contributed by atoms with Crippen LogP contribution in [-0.4, -0.2) is 80.1 Å². The van der Waals surface area contributed by atoms with E-state index in [9.17, 15) is 9.59 Å². The molecule has 1 aromatic carbocycles. The average Bonchev–Trinajstić information content (AvgIpc) is 3.61. The summed E-state index contributed by atoms with van der Waals surface area (Å²) < 4.78 is 18.4. The molecular formula is C25H33N3O5. The number of aryl methyl sites for hydroxylation is 1. The van der Waals surface area contributed by atoms with E-state index in [1.54, 1.807) is 17.0 Å². The monoisotopic (exact) mass is 455 g/mol. The second kappa shape index (κ2) is 9.47. The average molecular weight is 456 g/mol. The minimum absolute atomic E-state index is 0.0896. The molecule has 1 amide bonds. The number of Topliss-reactive ketones (excluding diaryl/α,β-unsaturated/α-hetero) is 1. The van der Waals surface area contributed by atoms with Crippen molar-refractivity contribution in [3.8, 4) is 17.2 Å². The van der Waals surface area contributed by atoms with Crippen LogP contribution in [0.2, 0.25) is 0 Å². The van der Waals surface area contributed by atoms with Crippen molar-refractivity contribution in [3.63, 3.8) is 0 Å². The van der Waals surface area contributed by atoms with Crippen molar-refractivity contribution < 1.29 is 23.8 Å². The van der Waals surface area contributed by atoms with E-state index < -0.39 is 0 Å². The maximum atomic E-state index is 13.1. The van der Waals surface area contributed by atoms with E-state index in [0.717, 1.165) is 11.3 Å². The first kappa shape index (κ1) is 23.2. The molecule has 178 valence electrons. The lowest BCUT2D eigenvalue weighted by atomic mass is 10.1. The maximum Gasteiger partial charge on any atom is 0.254 e. The molecule has 1 saturated carbocycles. The van der Waals surface area contributed by atoms with Gasteiger partial charge in [0.05, 0.1) is 27.9 Å². The number of benzene rings is 1. The molecule has 1 aromatic heterocycles. The quantitative estimate of drug-likeness (QED) is 0.570. The number of methoxy groups -OCH3 is 3. The van der Waals surface area contributed by atoms with Crippen molar-refractivity contribution in [2.45, 2.75) is 32.7 Å². The third kappa shape index (κ3) is 4.57. The third-order valence-electron chi connectivity index (χ3n) is 6.64. The molecular weight excluding hydrogens is 422 g/mol. The van der Waals surface area contributed by atoms with Crippen LogP contribution < -0.4 is 14.2 Å². The summed E-state index contributed by atoms with van der Waals surface area (Å²) >= 11 is 0. The van der Waals surface area contributed by atoms with Gasteiger partial charge in [-0.25, -0.2) is 0 Å². The summed E-state index contributed by atoms with van der Waals surface area (Å²) in [6.45, 7) is 6.93. The molecule has 2 heterocycles. The van der Waals surface area contributed by atoms with Gasteiger partial charge in [-0.1, -0.05) is 0 Å². The van der Waals surface area contributed by atoms with E-state index in [4.69, 9.17) is 14.2 Å². The van der Waals surface area contributed by atoms with Crippen molar-refractivity contribution in [1.29, 1.82) is 0 Å². The first-order valence-corrected chi connectivity index (χ1v) is 11.4. The molecule has 1 aliphatic heterocycles. The number of ketones is 1. The Morgan fingerprint density at radius 1 is 0.909 bits per heavy atom. The van der Waals surface area contributed by atoms with E-state index in [1.807, 2.05) is 13.0 Å². The van der Waals surface area contributed by atoms with Gasteiger partial charge in [0.1, 0.15) is 0 Å². The minimum Gasteiger partial charge on any atom is -0.493 e. The lowest BCUT2D eigenvalue weighted by molar-refractivity contribution is 0.0623. The molecule has 0 radical (unpaired) electrons. The Hall–Kier alpha value is -3.00. The highest BCUT2D eigenvalue weighted by molar-refractivity contribution is 5.99. The Bertz CT molecular complexity index is 1020. The zero-order chi connectivity index (χ0) is 23.7. The fraction of sp³-hybridized carbons (Fsp3) is 0.520.